The fraction of sp³-hybridized carbons (Fsp3) is 0.176. The van der Waals surface area contributed by atoms with Crippen LogP contribution in [0.4, 0.5) is 11.4 Å². The Morgan fingerprint density at radius 2 is 1.91 bits per heavy atom. The number of carbonyl (C=O) groups is 2. The SMILES string of the molecule is Cc1ccc(NC(=O)CC2Nc3ccccc3OC2=O)cc1. The molecule has 2 aromatic carbocycles. The zero-order chi connectivity index (χ0) is 15.5. The molecule has 1 amide bonds. The molecule has 1 aliphatic rings. The lowest BCUT2D eigenvalue weighted by Gasteiger charge is -2.25. The smallest absolute Gasteiger partial charge is 0.334 e. The van der Waals surface area contributed by atoms with Gasteiger partial charge >= 0.3 is 5.97 Å². The second kappa shape index (κ2) is 5.89. The van der Waals surface area contributed by atoms with Crippen molar-refractivity contribution in [1.82, 2.24) is 0 Å². The summed E-state index contributed by atoms with van der Waals surface area (Å²) in [5.74, 6) is -0.196. The van der Waals surface area contributed by atoms with E-state index in [-0.39, 0.29) is 12.3 Å². The lowest BCUT2D eigenvalue weighted by molar-refractivity contribution is -0.137. The molecular weight excluding hydrogens is 280 g/mol. The Morgan fingerprint density at radius 1 is 1.18 bits per heavy atom. The van der Waals surface area contributed by atoms with E-state index in [0.717, 1.165) is 11.3 Å². The van der Waals surface area contributed by atoms with E-state index in [0.29, 0.717) is 11.4 Å². The lowest BCUT2D eigenvalue weighted by atomic mass is 10.1. The maximum Gasteiger partial charge on any atom is 0.334 e. The van der Waals surface area contributed by atoms with E-state index in [4.69, 9.17) is 4.74 Å². The van der Waals surface area contributed by atoms with Crippen LogP contribution in [0.3, 0.4) is 0 Å². The number of hydrogen-bond donors (Lipinski definition) is 2. The number of amides is 1. The van der Waals surface area contributed by atoms with Gasteiger partial charge in [-0.15, -0.1) is 0 Å². The molecule has 1 unspecified atom stereocenters. The monoisotopic (exact) mass is 296 g/mol. The summed E-state index contributed by atoms with van der Waals surface area (Å²) in [5, 5.41) is 5.81. The Hall–Kier alpha value is -2.82. The molecule has 2 N–H and O–H groups in total. The third-order valence-corrected chi connectivity index (χ3v) is 3.44. The molecule has 0 radical (unpaired) electrons. The van der Waals surface area contributed by atoms with Crippen molar-refractivity contribution in [3.63, 3.8) is 0 Å². The van der Waals surface area contributed by atoms with E-state index in [2.05, 4.69) is 10.6 Å². The molecule has 1 heterocycles. The minimum absolute atomic E-state index is 0.0149. The van der Waals surface area contributed by atoms with Gasteiger partial charge in [0.05, 0.1) is 12.1 Å². The van der Waals surface area contributed by atoms with Gasteiger partial charge < -0.3 is 15.4 Å². The highest BCUT2D eigenvalue weighted by Gasteiger charge is 2.29. The number of carbonyl (C=O) groups excluding carboxylic acids is 2. The van der Waals surface area contributed by atoms with Crippen LogP contribution in [0.1, 0.15) is 12.0 Å². The molecular formula is C17H16N2O3. The number of aryl methyl sites for hydroxylation is 1. The van der Waals surface area contributed by atoms with E-state index in [1.165, 1.54) is 0 Å². The number of hydrogen-bond acceptors (Lipinski definition) is 4. The summed E-state index contributed by atoms with van der Waals surface area (Å²) in [6.45, 7) is 1.98. The molecule has 22 heavy (non-hydrogen) atoms. The van der Waals surface area contributed by atoms with Crippen molar-refractivity contribution < 1.29 is 14.3 Å². The van der Waals surface area contributed by atoms with Crippen molar-refractivity contribution in [3.8, 4) is 5.75 Å². The average Bonchev–Trinajstić information content (AvgIpc) is 2.50. The molecule has 0 aliphatic carbocycles. The van der Waals surface area contributed by atoms with Gasteiger partial charge in [-0.2, -0.15) is 0 Å². The summed E-state index contributed by atoms with van der Waals surface area (Å²) in [6.07, 6.45) is 0.0149. The van der Waals surface area contributed by atoms with Gasteiger partial charge in [0.1, 0.15) is 6.04 Å². The molecule has 2 aromatic rings. The van der Waals surface area contributed by atoms with Gasteiger partial charge in [-0.3, -0.25) is 4.79 Å². The van der Waals surface area contributed by atoms with Gasteiger partial charge in [0.25, 0.3) is 0 Å². The van der Waals surface area contributed by atoms with Crippen molar-refractivity contribution in [2.45, 2.75) is 19.4 Å². The number of fused-ring (bicyclic) bond motifs is 1. The van der Waals surface area contributed by atoms with Crippen molar-refractivity contribution in [2.24, 2.45) is 0 Å². The molecule has 0 bridgehead atoms. The zero-order valence-corrected chi connectivity index (χ0v) is 12.1. The third-order valence-electron chi connectivity index (χ3n) is 3.44. The Kier molecular flexibility index (Phi) is 3.78. The van der Waals surface area contributed by atoms with Gasteiger partial charge in [-0.1, -0.05) is 29.8 Å². The Balaban J connectivity index is 1.64. The Bertz CT molecular complexity index is 710. The minimum Gasteiger partial charge on any atom is -0.423 e. The molecule has 5 heteroatoms. The van der Waals surface area contributed by atoms with Crippen LogP contribution < -0.4 is 15.4 Å². The predicted molar refractivity (Wildman–Crippen MR) is 83.9 cm³/mol. The number of nitrogens with one attached hydrogen (secondary N) is 2. The summed E-state index contributed by atoms with van der Waals surface area (Å²) >= 11 is 0. The van der Waals surface area contributed by atoms with Crippen LogP contribution in [-0.2, 0) is 9.59 Å². The maximum absolute atomic E-state index is 12.1. The summed E-state index contributed by atoms with van der Waals surface area (Å²) in [7, 11) is 0. The van der Waals surface area contributed by atoms with Crippen molar-refractivity contribution >= 4 is 23.3 Å². The normalized spacial score (nSPS) is 16.2. The summed E-state index contributed by atoms with van der Waals surface area (Å²) in [5.41, 5.74) is 2.54. The van der Waals surface area contributed by atoms with Gasteiger partial charge in [-0.25, -0.2) is 4.79 Å². The predicted octanol–water partition coefficient (Wildman–Crippen LogP) is 2.72. The van der Waals surface area contributed by atoms with E-state index >= 15 is 0 Å². The topological polar surface area (TPSA) is 67.4 Å². The third kappa shape index (κ3) is 3.09. The second-order valence-corrected chi connectivity index (χ2v) is 5.23. The van der Waals surface area contributed by atoms with Crippen LogP contribution >= 0.6 is 0 Å². The van der Waals surface area contributed by atoms with Crippen LogP contribution in [0.5, 0.6) is 5.75 Å². The zero-order valence-electron chi connectivity index (χ0n) is 12.1. The summed E-state index contributed by atoms with van der Waals surface area (Å²) in [4.78, 5) is 24.0. The molecule has 0 saturated carbocycles. The van der Waals surface area contributed by atoms with Crippen LogP contribution in [0.15, 0.2) is 48.5 Å². The Morgan fingerprint density at radius 3 is 2.68 bits per heavy atom. The highest BCUT2D eigenvalue weighted by molar-refractivity contribution is 5.97. The van der Waals surface area contributed by atoms with Gasteiger partial charge in [0, 0.05) is 5.69 Å². The van der Waals surface area contributed by atoms with E-state index in [1.54, 1.807) is 12.1 Å². The largest absolute Gasteiger partial charge is 0.423 e. The van der Waals surface area contributed by atoms with E-state index < -0.39 is 12.0 Å². The molecule has 0 aromatic heterocycles. The van der Waals surface area contributed by atoms with Crippen LogP contribution in [0.2, 0.25) is 0 Å². The fourth-order valence-corrected chi connectivity index (χ4v) is 2.27. The number of anilines is 2. The number of ether oxygens (including phenoxy) is 1. The van der Waals surface area contributed by atoms with Crippen LogP contribution in [-0.4, -0.2) is 17.9 Å². The lowest BCUT2D eigenvalue weighted by Crippen LogP contribution is -2.39. The first-order chi connectivity index (χ1) is 10.6. The van der Waals surface area contributed by atoms with Crippen molar-refractivity contribution in [3.05, 3.63) is 54.1 Å². The maximum atomic E-state index is 12.1. The second-order valence-electron chi connectivity index (χ2n) is 5.23. The minimum atomic E-state index is -0.680. The first-order valence-corrected chi connectivity index (χ1v) is 7.05. The Labute approximate surface area is 128 Å². The molecule has 0 saturated heterocycles. The molecule has 1 aliphatic heterocycles. The van der Waals surface area contributed by atoms with Gasteiger partial charge in [0.15, 0.2) is 5.75 Å². The first-order valence-electron chi connectivity index (χ1n) is 7.05. The molecule has 5 nitrogen and oxygen atoms in total. The van der Waals surface area contributed by atoms with Crippen molar-refractivity contribution in [2.75, 3.05) is 10.6 Å². The molecule has 3 rings (SSSR count). The fourth-order valence-electron chi connectivity index (χ4n) is 2.27. The summed E-state index contributed by atoms with van der Waals surface area (Å²) < 4.78 is 5.23. The average molecular weight is 296 g/mol. The quantitative estimate of drug-likeness (QED) is 0.675. The van der Waals surface area contributed by atoms with E-state index in [1.807, 2.05) is 43.3 Å². The number of rotatable bonds is 3. The van der Waals surface area contributed by atoms with Crippen molar-refractivity contribution in [1.29, 1.82) is 0 Å². The summed E-state index contributed by atoms with van der Waals surface area (Å²) in [6, 6.07) is 14.0. The molecule has 112 valence electrons. The number of esters is 1. The molecule has 1 atom stereocenters. The van der Waals surface area contributed by atoms with Gasteiger partial charge in [0.2, 0.25) is 5.91 Å². The highest BCUT2D eigenvalue weighted by Crippen LogP contribution is 2.29. The van der Waals surface area contributed by atoms with Crippen LogP contribution in [0.25, 0.3) is 0 Å². The standard InChI is InChI=1S/C17H16N2O3/c1-11-6-8-12(9-7-11)18-16(20)10-14-17(21)22-15-5-3-2-4-13(15)19-14/h2-9,14,19H,10H2,1H3,(H,18,20). The number of para-hydroxylation sites is 2. The highest BCUT2D eigenvalue weighted by atomic mass is 16.5. The van der Waals surface area contributed by atoms with Crippen LogP contribution in [0, 0.1) is 6.92 Å². The number of benzene rings is 2. The first kappa shape index (κ1) is 14.1. The molecule has 0 fully saturated rings. The van der Waals surface area contributed by atoms with E-state index in [9.17, 15) is 9.59 Å². The van der Waals surface area contributed by atoms with Gasteiger partial charge in [-0.05, 0) is 31.2 Å². The molecule has 0 spiro atoms.